The number of benzene rings is 4. The fourth-order valence-corrected chi connectivity index (χ4v) is 7.99. The van der Waals surface area contributed by atoms with Crippen molar-refractivity contribution in [2.24, 2.45) is 0 Å². The predicted octanol–water partition coefficient (Wildman–Crippen LogP) is 3.43. The number of hydrogen-bond acceptors (Lipinski definition) is 4. The van der Waals surface area contributed by atoms with Gasteiger partial charge in [0.25, 0.3) is 10.0 Å². The molecule has 250 valence electrons. The average molecular weight is 805 g/mol. The summed E-state index contributed by atoms with van der Waals surface area (Å²) in [7, 11) is 8.32. The maximum Gasteiger partial charge on any atom is 0.262 e. The molecule has 0 bridgehead atoms. The Bertz CT molecular complexity index is 1810. The first-order valence-corrected chi connectivity index (χ1v) is 17.8. The quantitative estimate of drug-likeness (QED) is 0.131. The molecule has 0 radical (unpaired) electrons. The number of fused-ring (bicyclic) bond motifs is 2. The Kier molecular flexibility index (Phi) is 14.0. The number of thiazole rings is 2. The molecule has 0 spiro atoms. The Labute approximate surface area is 314 Å². The van der Waals surface area contributed by atoms with Crippen LogP contribution >= 0.6 is 22.7 Å². The zero-order valence-electron chi connectivity index (χ0n) is 28.2. The molecule has 0 atom stereocenters. The summed E-state index contributed by atoms with van der Waals surface area (Å²) in [4.78, 5) is 4.27. The van der Waals surface area contributed by atoms with E-state index in [-0.39, 0.29) is 34.0 Å². The van der Waals surface area contributed by atoms with E-state index in [1.807, 2.05) is 22.7 Å². The number of aromatic nitrogens is 2. The van der Waals surface area contributed by atoms with E-state index in [0.717, 1.165) is 13.1 Å². The molecule has 0 N–H and O–H groups in total. The van der Waals surface area contributed by atoms with Crippen molar-refractivity contribution < 1.29 is 43.1 Å². The molecule has 0 aliphatic heterocycles. The maximum atomic E-state index is 2.51. The van der Waals surface area contributed by atoms with Crippen molar-refractivity contribution in [2.45, 2.75) is 38.8 Å². The molecule has 2 heterocycles. The van der Waals surface area contributed by atoms with Crippen molar-refractivity contribution in [3.8, 4) is 0 Å². The molecule has 48 heavy (non-hydrogen) atoms. The van der Waals surface area contributed by atoms with Crippen molar-refractivity contribution in [3.05, 3.63) is 118 Å². The Morgan fingerprint density at radius 3 is 1.23 bits per heavy atom. The predicted molar refractivity (Wildman–Crippen MR) is 202 cm³/mol. The van der Waals surface area contributed by atoms with Crippen LogP contribution in [-0.2, 0) is 13.1 Å². The lowest BCUT2D eigenvalue weighted by molar-refractivity contribution is -0.670. The molecule has 0 fully saturated rings. The van der Waals surface area contributed by atoms with Crippen LogP contribution < -0.4 is 52.9 Å². The minimum absolute atomic E-state index is 0. The largest absolute Gasteiger partial charge is 1.00 e. The van der Waals surface area contributed by atoms with Crippen LogP contribution in [0.4, 0.5) is 11.4 Å². The van der Waals surface area contributed by atoms with Gasteiger partial charge >= 0.3 is 0 Å². The summed E-state index contributed by atoms with van der Waals surface area (Å²) < 4.78 is 7.72. The molecule has 0 unspecified atom stereocenters. The molecule has 4 nitrogen and oxygen atoms in total. The Morgan fingerprint density at radius 2 is 0.854 bits per heavy atom. The lowest BCUT2D eigenvalue weighted by Crippen LogP contribution is -3.00. The van der Waals surface area contributed by atoms with Crippen molar-refractivity contribution in [1.82, 2.24) is 0 Å². The van der Waals surface area contributed by atoms with Crippen molar-refractivity contribution >= 4 is 78.8 Å². The topological polar surface area (TPSA) is 14.2 Å². The van der Waals surface area contributed by atoms with Crippen molar-refractivity contribution in [3.63, 3.8) is 0 Å². The Hall–Kier alpha value is -3.30. The summed E-state index contributed by atoms with van der Waals surface area (Å²) in [6, 6.07) is 35.1. The Morgan fingerprint density at radius 1 is 0.479 bits per heavy atom. The van der Waals surface area contributed by atoms with Gasteiger partial charge in [-0.3, -0.25) is 0 Å². The number of rotatable bonds is 13. The number of halogens is 2. The van der Waals surface area contributed by atoms with Gasteiger partial charge in [0.2, 0.25) is 11.0 Å². The third kappa shape index (κ3) is 9.23. The molecule has 0 saturated heterocycles. The monoisotopic (exact) mass is 802 g/mol. The smallest absolute Gasteiger partial charge is 0.262 e. The summed E-state index contributed by atoms with van der Waals surface area (Å²) in [5.74, 6) is 0. The molecule has 2 aromatic heterocycles. The van der Waals surface area contributed by atoms with Crippen LogP contribution in [-0.4, -0.2) is 28.2 Å². The second-order valence-electron chi connectivity index (χ2n) is 12.2. The normalized spacial score (nSPS) is 11.3. The number of para-hydroxylation sites is 2. The second kappa shape index (κ2) is 17.9. The van der Waals surface area contributed by atoms with E-state index in [1.165, 1.54) is 78.6 Å². The van der Waals surface area contributed by atoms with Gasteiger partial charge < -0.3 is 43.8 Å². The number of anilines is 2. The lowest BCUT2D eigenvalue weighted by Gasteiger charge is -2.11. The number of hydrogen-bond donors (Lipinski definition) is 0. The van der Waals surface area contributed by atoms with E-state index >= 15 is 0 Å². The lowest BCUT2D eigenvalue weighted by atomic mass is 10.1. The fourth-order valence-electron chi connectivity index (χ4n) is 5.81. The van der Waals surface area contributed by atoms with Gasteiger partial charge in [0, 0.05) is 76.7 Å². The molecule has 6 aromatic rings. The summed E-state index contributed by atoms with van der Waals surface area (Å²) in [6.07, 6.45) is 13.9. The molecule has 6 rings (SSSR count). The second-order valence-corrected chi connectivity index (χ2v) is 14.3. The van der Waals surface area contributed by atoms with Gasteiger partial charge in [-0.05, 0) is 72.5 Å². The van der Waals surface area contributed by atoms with Crippen molar-refractivity contribution in [2.75, 3.05) is 38.0 Å². The summed E-state index contributed by atoms with van der Waals surface area (Å²) in [6.45, 7) is 2.08. The molecule has 8 heteroatoms. The first-order chi connectivity index (χ1) is 22.5. The van der Waals surface area contributed by atoms with Gasteiger partial charge in [0.1, 0.15) is 9.40 Å². The molecule has 0 aliphatic rings. The Balaban J connectivity index is 0.00000260. The van der Waals surface area contributed by atoms with Crippen LogP contribution in [0.1, 0.15) is 46.8 Å². The standard InChI is InChI=1S/C40H44N4S2.2BrH/c1-41(2)33-23-17-31(18-24-33)21-27-39-43(35-13-7-9-15-37(35)45-39)29-11-5-6-12-30-44-36-14-8-10-16-38(36)46-40(44)28-22-32-19-25-34(26-20-32)42(3)4;;/h7-10,13-28H,5-6,11-12,29-30H2,1-4H3;2*1H/q+2;;/p-2. The first-order valence-electron chi connectivity index (χ1n) is 16.2. The number of nitrogens with zero attached hydrogens (tertiary/aromatic N) is 4. The van der Waals surface area contributed by atoms with Crippen LogP contribution in [0.2, 0.25) is 0 Å². The van der Waals surface area contributed by atoms with E-state index in [2.05, 4.69) is 168 Å². The summed E-state index contributed by atoms with van der Waals surface area (Å²) >= 11 is 3.76. The van der Waals surface area contributed by atoms with Crippen LogP contribution in [0.15, 0.2) is 97.1 Å². The molecular weight excluding hydrogens is 760 g/mol. The third-order valence-corrected chi connectivity index (χ3v) is 10.7. The summed E-state index contributed by atoms with van der Waals surface area (Å²) in [5.41, 5.74) is 7.57. The molecule has 0 aliphatic carbocycles. The highest BCUT2D eigenvalue weighted by Gasteiger charge is 2.19. The van der Waals surface area contributed by atoms with E-state index in [1.54, 1.807) is 0 Å². The third-order valence-electron chi connectivity index (χ3n) is 8.44. The average Bonchev–Trinajstić information content (AvgIpc) is 3.62. The van der Waals surface area contributed by atoms with Crippen LogP contribution in [0.5, 0.6) is 0 Å². The highest BCUT2D eigenvalue weighted by atomic mass is 79.9. The van der Waals surface area contributed by atoms with E-state index < -0.39 is 0 Å². The van der Waals surface area contributed by atoms with E-state index in [0.29, 0.717) is 0 Å². The van der Waals surface area contributed by atoms with Gasteiger partial charge in [0.05, 0.1) is 0 Å². The zero-order chi connectivity index (χ0) is 31.9. The zero-order valence-corrected chi connectivity index (χ0v) is 33.0. The maximum absolute atomic E-state index is 2.51. The van der Waals surface area contributed by atoms with Crippen LogP contribution in [0.25, 0.3) is 44.7 Å². The SMILES string of the molecule is CN(C)c1ccc(/C=C/c2sc3ccccc3[n+]2CCCCCC[n+]2c(/C=C/c3ccc(N(C)C)cc3)sc3ccccc32)cc1.[Br-].[Br-]. The van der Waals surface area contributed by atoms with E-state index in [4.69, 9.17) is 0 Å². The van der Waals surface area contributed by atoms with Crippen molar-refractivity contribution in [1.29, 1.82) is 0 Å². The minimum atomic E-state index is 0. The van der Waals surface area contributed by atoms with Gasteiger partial charge in [-0.1, -0.05) is 71.2 Å². The highest BCUT2D eigenvalue weighted by Crippen LogP contribution is 2.25. The van der Waals surface area contributed by atoms with Crippen LogP contribution in [0.3, 0.4) is 0 Å². The van der Waals surface area contributed by atoms with Gasteiger partial charge in [-0.2, -0.15) is 9.13 Å². The molecule has 4 aromatic carbocycles. The van der Waals surface area contributed by atoms with E-state index in [9.17, 15) is 0 Å². The van der Waals surface area contributed by atoms with Crippen LogP contribution in [0, 0.1) is 0 Å². The fraction of sp³-hybridized carbons (Fsp3) is 0.250. The van der Waals surface area contributed by atoms with Gasteiger partial charge in [0.15, 0.2) is 13.1 Å². The van der Waals surface area contributed by atoms with Gasteiger partial charge in [-0.25, -0.2) is 0 Å². The molecular formula is C40H44Br2N4S2. The number of unbranched alkanes of at least 4 members (excludes halogenated alkanes) is 3. The molecule has 0 amide bonds. The first kappa shape index (κ1) is 37.5. The highest BCUT2D eigenvalue weighted by molar-refractivity contribution is 7.19. The van der Waals surface area contributed by atoms with Gasteiger partial charge in [-0.15, -0.1) is 0 Å². The number of aryl methyl sites for hydroxylation is 2. The summed E-state index contributed by atoms with van der Waals surface area (Å²) in [5, 5.41) is 2.62. The molecule has 0 saturated carbocycles. The minimum Gasteiger partial charge on any atom is -1.00 e.